The molecule has 5 aliphatic carbocycles. The minimum Gasteiger partial charge on any atom is -0.481 e. The van der Waals surface area contributed by atoms with Crippen molar-refractivity contribution in [3.8, 4) is 0 Å². The van der Waals surface area contributed by atoms with Crippen molar-refractivity contribution in [1.82, 2.24) is 15.2 Å². The molecule has 0 amide bonds. The molecule has 2 aromatic rings. The van der Waals surface area contributed by atoms with Crippen LogP contribution in [0.15, 0.2) is 23.9 Å². The third-order valence-corrected chi connectivity index (χ3v) is 15.6. The summed E-state index contributed by atoms with van der Waals surface area (Å²) < 4.78 is 0. The molecule has 4 fully saturated rings. The first-order valence-corrected chi connectivity index (χ1v) is 18.6. The maximum absolute atomic E-state index is 12.9. The third kappa shape index (κ3) is 4.25. The van der Waals surface area contributed by atoms with E-state index < -0.39 is 5.97 Å². The number of carbonyl (C=O) groups is 1. The molecule has 8 atom stereocenters. The van der Waals surface area contributed by atoms with Crippen molar-refractivity contribution in [1.29, 1.82) is 0 Å². The van der Waals surface area contributed by atoms with Gasteiger partial charge < -0.3 is 15.7 Å². The lowest BCUT2D eigenvalue weighted by atomic mass is 9.33. The van der Waals surface area contributed by atoms with E-state index in [1.54, 1.807) is 5.57 Å². The quantitative estimate of drug-likeness (QED) is 0.312. The zero-order chi connectivity index (χ0) is 33.3. The Morgan fingerprint density at radius 3 is 2.43 bits per heavy atom. The number of fused-ring (bicyclic) bond motifs is 8. The standard InChI is InChI=1S/C40H57N5O2/c1-36(2)19-26-24(27(20-36)35(46)47)12-14-40(7)32(26)25(23-10-11-31(42-22-23)45-16-8-9-17-45)18-30-38(5)21-28-33(43-44-34(28)41)37(3,4)29(38)13-15-39(30,40)6/h10-11,22,24,26-27,29-30H,8-9,12-21H2,1-7H3,(H,46,47)(H3,41,43,44)/t24-,26?,27+,29?,30?,38-,39+,40+/m0/s1. The van der Waals surface area contributed by atoms with Gasteiger partial charge in [0.2, 0.25) is 0 Å². The van der Waals surface area contributed by atoms with Crippen molar-refractivity contribution >= 4 is 23.2 Å². The maximum Gasteiger partial charge on any atom is 0.306 e. The average molecular weight is 640 g/mol. The number of nitrogen functional groups attached to an aromatic ring is 1. The molecule has 3 saturated carbocycles. The van der Waals surface area contributed by atoms with Crippen molar-refractivity contribution in [2.75, 3.05) is 23.7 Å². The van der Waals surface area contributed by atoms with Gasteiger partial charge in [-0.1, -0.05) is 54.0 Å². The minimum absolute atomic E-state index is 0.0115. The Morgan fingerprint density at radius 1 is 1.00 bits per heavy atom. The van der Waals surface area contributed by atoms with Crippen LogP contribution in [-0.2, 0) is 16.6 Å². The summed E-state index contributed by atoms with van der Waals surface area (Å²) >= 11 is 0. The fourth-order valence-corrected chi connectivity index (χ4v) is 13.4. The summed E-state index contributed by atoms with van der Waals surface area (Å²) in [5.74, 6) is 2.35. The van der Waals surface area contributed by atoms with Crippen LogP contribution in [-0.4, -0.2) is 39.3 Å². The number of aromatic amines is 1. The van der Waals surface area contributed by atoms with E-state index in [-0.39, 0.29) is 44.8 Å². The predicted octanol–water partition coefficient (Wildman–Crippen LogP) is 8.27. The SMILES string of the molecule is CC1(C)CC2C3=C(c4ccc(N5CCCC5)nc4)CC4[C@@]5(C)Cc6c(N)n[nH]c6C(C)(C)C5CC[C@@]4(C)[C@]3(C)CC[C@@H]2[C@H](C(=O)O)C1. The molecule has 1 aliphatic heterocycles. The van der Waals surface area contributed by atoms with Gasteiger partial charge in [0, 0.05) is 36.0 Å². The average Bonchev–Trinajstić information content (AvgIpc) is 3.67. The monoisotopic (exact) mass is 639 g/mol. The molecule has 0 spiro atoms. The van der Waals surface area contributed by atoms with Crippen molar-refractivity contribution in [2.24, 2.45) is 51.2 Å². The number of hydrogen-bond acceptors (Lipinski definition) is 5. The Hall–Kier alpha value is -2.83. The zero-order valence-corrected chi connectivity index (χ0v) is 29.9. The van der Waals surface area contributed by atoms with Crippen LogP contribution >= 0.6 is 0 Å². The second kappa shape index (κ2) is 10.1. The van der Waals surface area contributed by atoms with Gasteiger partial charge in [-0.2, -0.15) is 5.10 Å². The maximum atomic E-state index is 12.9. The highest BCUT2D eigenvalue weighted by molar-refractivity contribution is 5.75. The van der Waals surface area contributed by atoms with Gasteiger partial charge in [-0.3, -0.25) is 9.89 Å². The van der Waals surface area contributed by atoms with Crippen LogP contribution in [0.25, 0.3) is 5.57 Å². The van der Waals surface area contributed by atoms with Crippen LogP contribution in [0.1, 0.15) is 123 Å². The van der Waals surface area contributed by atoms with E-state index in [4.69, 9.17) is 10.7 Å². The van der Waals surface area contributed by atoms with Crippen LogP contribution in [0.5, 0.6) is 0 Å². The Bertz CT molecular complexity index is 1630. The van der Waals surface area contributed by atoms with E-state index in [0.717, 1.165) is 57.4 Å². The number of aromatic nitrogens is 3. The summed E-state index contributed by atoms with van der Waals surface area (Å²) in [4.78, 5) is 20.4. The van der Waals surface area contributed by atoms with Gasteiger partial charge in [-0.05, 0) is 133 Å². The van der Waals surface area contributed by atoms with Crippen molar-refractivity contribution in [2.45, 2.75) is 118 Å². The fraction of sp³-hybridized carbons (Fsp3) is 0.725. The number of allylic oxidation sites excluding steroid dienone is 2. The molecule has 6 aliphatic rings. The van der Waals surface area contributed by atoms with Gasteiger partial charge in [-0.25, -0.2) is 4.98 Å². The topological polar surface area (TPSA) is 108 Å². The zero-order valence-electron chi connectivity index (χ0n) is 29.9. The highest BCUT2D eigenvalue weighted by Gasteiger charge is 2.68. The lowest BCUT2D eigenvalue weighted by molar-refractivity contribution is -0.161. The van der Waals surface area contributed by atoms with Gasteiger partial charge in [0.1, 0.15) is 11.6 Å². The van der Waals surface area contributed by atoms with Gasteiger partial charge in [0.05, 0.1) is 5.92 Å². The number of rotatable bonds is 3. The number of nitrogens with one attached hydrogen (secondary N) is 1. The Balaban J connectivity index is 1.32. The van der Waals surface area contributed by atoms with Crippen LogP contribution in [0.2, 0.25) is 0 Å². The molecule has 3 heterocycles. The number of anilines is 2. The number of carboxylic acid groups (broad SMARTS) is 1. The first-order valence-electron chi connectivity index (χ1n) is 18.6. The van der Waals surface area contributed by atoms with Gasteiger partial charge >= 0.3 is 5.97 Å². The van der Waals surface area contributed by atoms with E-state index >= 15 is 0 Å². The van der Waals surface area contributed by atoms with Crippen LogP contribution < -0.4 is 10.6 Å². The van der Waals surface area contributed by atoms with Crippen LogP contribution in [0, 0.1) is 51.2 Å². The molecule has 7 heteroatoms. The van der Waals surface area contributed by atoms with E-state index in [1.165, 1.54) is 48.1 Å². The fourth-order valence-electron chi connectivity index (χ4n) is 13.4. The van der Waals surface area contributed by atoms with Gasteiger partial charge in [0.15, 0.2) is 0 Å². The Labute approximate surface area is 281 Å². The molecule has 0 radical (unpaired) electrons. The smallest absolute Gasteiger partial charge is 0.306 e. The number of aliphatic carboxylic acids is 1. The molecule has 8 rings (SSSR count). The van der Waals surface area contributed by atoms with Gasteiger partial charge in [-0.15, -0.1) is 0 Å². The number of H-pyrrole nitrogens is 1. The summed E-state index contributed by atoms with van der Waals surface area (Å²) in [6.45, 7) is 19.5. The lowest BCUT2D eigenvalue weighted by Gasteiger charge is -2.70. The highest BCUT2D eigenvalue weighted by Crippen LogP contribution is 2.76. The molecule has 1 saturated heterocycles. The van der Waals surface area contributed by atoms with E-state index in [2.05, 4.69) is 81.9 Å². The summed E-state index contributed by atoms with van der Waals surface area (Å²) in [5.41, 5.74) is 13.5. The molecule has 4 N–H and O–H groups in total. The minimum atomic E-state index is -0.596. The second-order valence-corrected chi connectivity index (χ2v) is 18.8. The largest absolute Gasteiger partial charge is 0.481 e. The Morgan fingerprint density at radius 2 is 1.74 bits per heavy atom. The number of hydrogen-bond donors (Lipinski definition) is 3. The molecular weight excluding hydrogens is 582 g/mol. The van der Waals surface area contributed by atoms with Crippen molar-refractivity contribution in [3.63, 3.8) is 0 Å². The number of carboxylic acids is 1. The number of nitrogens with two attached hydrogens (primary N) is 1. The summed E-state index contributed by atoms with van der Waals surface area (Å²) in [6.07, 6.45) is 12.9. The van der Waals surface area contributed by atoms with Gasteiger partial charge in [0.25, 0.3) is 0 Å². The van der Waals surface area contributed by atoms with Crippen LogP contribution in [0.4, 0.5) is 11.6 Å². The molecule has 3 unspecified atom stereocenters. The number of nitrogens with zero attached hydrogens (tertiary/aromatic N) is 3. The first kappa shape index (κ1) is 31.4. The van der Waals surface area contributed by atoms with Crippen molar-refractivity contribution in [3.05, 3.63) is 40.7 Å². The molecule has 0 bridgehead atoms. The molecule has 2 aromatic heterocycles. The normalized spacial score (nSPS) is 40.1. The summed E-state index contributed by atoms with van der Waals surface area (Å²) in [5, 5.41) is 18.5. The molecule has 7 nitrogen and oxygen atoms in total. The second-order valence-electron chi connectivity index (χ2n) is 18.8. The number of pyridine rings is 1. The third-order valence-electron chi connectivity index (χ3n) is 15.6. The summed E-state index contributed by atoms with van der Waals surface area (Å²) in [7, 11) is 0. The van der Waals surface area contributed by atoms with E-state index in [1.807, 2.05) is 0 Å². The predicted molar refractivity (Wildman–Crippen MR) is 188 cm³/mol. The van der Waals surface area contributed by atoms with Crippen LogP contribution in [0.3, 0.4) is 0 Å². The molecule has 254 valence electrons. The van der Waals surface area contributed by atoms with E-state index in [9.17, 15) is 9.90 Å². The molecule has 47 heavy (non-hydrogen) atoms. The summed E-state index contributed by atoms with van der Waals surface area (Å²) in [6, 6.07) is 4.62. The lowest BCUT2D eigenvalue weighted by Crippen LogP contribution is -2.64. The van der Waals surface area contributed by atoms with E-state index in [0.29, 0.717) is 17.7 Å². The molecular formula is C40H57N5O2. The Kier molecular flexibility index (Phi) is 6.76. The first-order chi connectivity index (χ1) is 22.1. The molecule has 0 aromatic carbocycles. The highest BCUT2D eigenvalue weighted by atomic mass is 16.4. The van der Waals surface area contributed by atoms with Crippen molar-refractivity contribution < 1.29 is 9.90 Å².